The predicted molar refractivity (Wildman–Crippen MR) is 102 cm³/mol. The number of rotatable bonds is 2. The fourth-order valence-electron chi connectivity index (χ4n) is 3.66. The molecule has 0 saturated carbocycles. The first-order chi connectivity index (χ1) is 12.3. The van der Waals surface area contributed by atoms with E-state index in [4.69, 9.17) is 0 Å². The largest absolute Gasteiger partial charge is 0.312 e. The molecule has 5 aromatic rings. The molecule has 0 bridgehead atoms. The highest BCUT2D eigenvalue weighted by Gasteiger charge is 2.20. The third-order valence-electron chi connectivity index (χ3n) is 4.79. The van der Waals surface area contributed by atoms with Gasteiger partial charge in [-0.3, -0.25) is 4.79 Å². The lowest BCUT2D eigenvalue weighted by Gasteiger charge is -2.05. The molecule has 2 heterocycles. The number of pyridine rings is 1. The minimum absolute atomic E-state index is 0.0482. The molecule has 2 nitrogen and oxygen atoms in total. The van der Waals surface area contributed by atoms with Gasteiger partial charge in [0.2, 0.25) is 5.78 Å². The molecule has 3 aromatic carbocycles. The summed E-state index contributed by atoms with van der Waals surface area (Å²) in [6.45, 7) is 0. The van der Waals surface area contributed by atoms with Gasteiger partial charge in [-0.15, -0.1) is 0 Å². The first-order valence-electron chi connectivity index (χ1n) is 8.35. The number of hydrogen-bond donors (Lipinski definition) is 0. The minimum Gasteiger partial charge on any atom is -0.312 e. The third kappa shape index (κ3) is 2.01. The van der Waals surface area contributed by atoms with Gasteiger partial charge in [0.05, 0.1) is 5.52 Å². The molecule has 2 heteroatoms. The molecule has 0 N–H and O–H groups in total. The quantitative estimate of drug-likeness (QED) is 0.395. The highest BCUT2D eigenvalue weighted by Crippen LogP contribution is 2.33. The molecular weight excluding hydrogens is 306 g/mol. The zero-order valence-electron chi connectivity index (χ0n) is 13.5. The van der Waals surface area contributed by atoms with Crippen LogP contribution in [0.25, 0.3) is 27.1 Å². The van der Waals surface area contributed by atoms with E-state index in [2.05, 4.69) is 24.3 Å². The lowest BCUT2D eigenvalue weighted by Crippen LogP contribution is -2.05. The van der Waals surface area contributed by atoms with Crippen LogP contribution >= 0.6 is 0 Å². The van der Waals surface area contributed by atoms with E-state index in [-0.39, 0.29) is 5.78 Å². The van der Waals surface area contributed by atoms with Gasteiger partial charge in [-0.2, -0.15) is 0 Å². The van der Waals surface area contributed by atoms with E-state index in [1.54, 1.807) is 0 Å². The Morgan fingerprint density at radius 1 is 0.640 bits per heavy atom. The molecule has 0 radical (unpaired) electrons. The van der Waals surface area contributed by atoms with Crippen LogP contribution in [0.3, 0.4) is 0 Å². The average Bonchev–Trinajstić information content (AvgIpc) is 3.03. The maximum atomic E-state index is 13.3. The number of aromatic nitrogens is 1. The summed E-state index contributed by atoms with van der Waals surface area (Å²) in [5.74, 6) is 0.0482. The van der Waals surface area contributed by atoms with Crippen molar-refractivity contribution in [2.24, 2.45) is 0 Å². The van der Waals surface area contributed by atoms with E-state index in [0.717, 1.165) is 27.4 Å². The third-order valence-corrected chi connectivity index (χ3v) is 4.79. The first-order valence-corrected chi connectivity index (χ1v) is 8.35. The Hall–Kier alpha value is -3.39. The van der Waals surface area contributed by atoms with Crippen LogP contribution in [-0.2, 0) is 0 Å². The normalized spacial score (nSPS) is 11.4. The van der Waals surface area contributed by atoms with Crippen LogP contribution in [0.4, 0.5) is 0 Å². The number of fused-ring (bicyclic) bond motifs is 5. The van der Waals surface area contributed by atoms with Crippen LogP contribution in [0.2, 0.25) is 0 Å². The van der Waals surface area contributed by atoms with E-state index in [1.807, 2.05) is 71.3 Å². The molecule has 0 aliphatic heterocycles. The highest BCUT2D eigenvalue weighted by atomic mass is 16.1. The molecule has 0 atom stereocenters. The number of nitrogens with zero attached hydrogens (tertiary/aromatic N) is 1. The van der Waals surface area contributed by atoms with E-state index < -0.39 is 0 Å². The number of carbonyl (C=O) groups excluding carboxylic acids is 1. The molecular formula is C23H15NO. The zero-order valence-corrected chi connectivity index (χ0v) is 13.5. The Kier molecular flexibility index (Phi) is 2.98. The smallest absolute Gasteiger partial charge is 0.210 e. The van der Waals surface area contributed by atoms with Crippen molar-refractivity contribution in [1.82, 2.24) is 4.40 Å². The average molecular weight is 321 g/mol. The maximum absolute atomic E-state index is 13.3. The summed E-state index contributed by atoms with van der Waals surface area (Å²) in [6.07, 6.45) is 2.01. The van der Waals surface area contributed by atoms with E-state index in [9.17, 15) is 4.79 Å². The molecule has 0 saturated heterocycles. The van der Waals surface area contributed by atoms with Crippen molar-refractivity contribution < 1.29 is 4.79 Å². The van der Waals surface area contributed by atoms with Gasteiger partial charge < -0.3 is 4.40 Å². The van der Waals surface area contributed by atoms with Crippen molar-refractivity contribution in [1.29, 1.82) is 0 Å². The second-order valence-electron chi connectivity index (χ2n) is 6.21. The maximum Gasteiger partial charge on any atom is 0.210 e. The molecule has 0 aliphatic rings. The van der Waals surface area contributed by atoms with Crippen LogP contribution in [0, 0.1) is 0 Å². The van der Waals surface area contributed by atoms with Crippen LogP contribution < -0.4 is 0 Å². The molecule has 5 rings (SSSR count). The molecule has 0 aliphatic carbocycles. The first kappa shape index (κ1) is 14.0. The van der Waals surface area contributed by atoms with Crippen LogP contribution in [0.5, 0.6) is 0 Å². The Labute approximate surface area is 144 Å². The zero-order chi connectivity index (χ0) is 16.8. The highest BCUT2D eigenvalue weighted by molar-refractivity contribution is 6.22. The molecule has 2 aromatic heterocycles. The Morgan fingerprint density at radius 2 is 1.28 bits per heavy atom. The van der Waals surface area contributed by atoms with Gasteiger partial charge >= 0.3 is 0 Å². The fraction of sp³-hybridized carbons (Fsp3) is 0. The standard InChI is InChI=1S/C23H15NO/c25-23(17-9-2-1-3-10-17)22-20-13-7-6-12-19(20)21-18-11-5-4-8-16(18)14-15-24(21)22/h1-15H. The Morgan fingerprint density at radius 3 is 2.08 bits per heavy atom. The van der Waals surface area contributed by atoms with Crippen molar-refractivity contribution in [2.45, 2.75) is 0 Å². The van der Waals surface area contributed by atoms with E-state index in [0.29, 0.717) is 5.56 Å². The number of hydrogen-bond acceptors (Lipinski definition) is 1. The molecule has 118 valence electrons. The lowest BCUT2D eigenvalue weighted by molar-refractivity contribution is 0.103. The molecule has 0 amide bonds. The Balaban J connectivity index is 1.95. The van der Waals surface area contributed by atoms with Gasteiger partial charge in [0.15, 0.2) is 0 Å². The summed E-state index contributed by atoms with van der Waals surface area (Å²) in [7, 11) is 0. The van der Waals surface area contributed by atoms with Crippen molar-refractivity contribution >= 4 is 32.8 Å². The van der Waals surface area contributed by atoms with Gasteiger partial charge in [0.25, 0.3) is 0 Å². The van der Waals surface area contributed by atoms with Gasteiger partial charge in [0.1, 0.15) is 5.69 Å². The molecule has 0 fully saturated rings. The number of benzene rings is 3. The Bertz CT molecular complexity index is 1250. The summed E-state index contributed by atoms with van der Waals surface area (Å²) in [4.78, 5) is 13.3. The summed E-state index contributed by atoms with van der Waals surface area (Å²) in [6, 6.07) is 28.0. The second kappa shape index (κ2) is 5.32. The van der Waals surface area contributed by atoms with Crippen molar-refractivity contribution in [3.8, 4) is 0 Å². The topological polar surface area (TPSA) is 21.5 Å². The predicted octanol–water partition coefficient (Wildman–Crippen LogP) is 5.48. The number of carbonyl (C=O) groups is 1. The molecule has 0 unspecified atom stereocenters. The SMILES string of the molecule is O=C(c1ccccc1)c1c2ccccc2c2c3ccccc3ccn12. The monoisotopic (exact) mass is 321 g/mol. The van der Waals surface area contributed by atoms with Gasteiger partial charge in [0, 0.05) is 27.9 Å². The summed E-state index contributed by atoms with van der Waals surface area (Å²) in [5, 5.41) is 4.44. The van der Waals surface area contributed by atoms with E-state index >= 15 is 0 Å². The second-order valence-corrected chi connectivity index (χ2v) is 6.21. The van der Waals surface area contributed by atoms with Gasteiger partial charge in [-0.25, -0.2) is 0 Å². The molecule has 0 spiro atoms. The van der Waals surface area contributed by atoms with Crippen molar-refractivity contribution in [3.05, 3.63) is 102 Å². The van der Waals surface area contributed by atoms with E-state index in [1.165, 1.54) is 5.39 Å². The molecule has 25 heavy (non-hydrogen) atoms. The van der Waals surface area contributed by atoms with Crippen LogP contribution in [-0.4, -0.2) is 10.2 Å². The summed E-state index contributed by atoms with van der Waals surface area (Å²) < 4.78 is 2.04. The van der Waals surface area contributed by atoms with Crippen molar-refractivity contribution in [2.75, 3.05) is 0 Å². The number of ketones is 1. The van der Waals surface area contributed by atoms with Crippen LogP contribution in [0.15, 0.2) is 91.1 Å². The fourth-order valence-corrected chi connectivity index (χ4v) is 3.66. The van der Waals surface area contributed by atoms with Gasteiger partial charge in [-0.05, 0) is 11.5 Å². The minimum atomic E-state index is 0.0482. The van der Waals surface area contributed by atoms with Crippen molar-refractivity contribution in [3.63, 3.8) is 0 Å². The summed E-state index contributed by atoms with van der Waals surface area (Å²) >= 11 is 0. The lowest BCUT2D eigenvalue weighted by atomic mass is 10.0. The van der Waals surface area contributed by atoms with Gasteiger partial charge in [-0.1, -0.05) is 78.9 Å². The van der Waals surface area contributed by atoms with Crippen LogP contribution in [0.1, 0.15) is 16.1 Å². The summed E-state index contributed by atoms with van der Waals surface area (Å²) in [5.41, 5.74) is 2.52.